The fourth-order valence-corrected chi connectivity index (χ4v) is 3.91. The van der Waals surface area contributed by atoms with E-state index in [0.717, 1.165) is 62.5 Å². The maximum Gasteiger partial charge on any atom is 0.247 e. The number of ether oxygens (including phenoxy) is 1. The van der Waals surface area contributed by atoms with Crippen molar-refractivity contribution in [2.45, 2.75) is 25.7 Å². The minimum Gasteiger partial charge on any atom is -0.495 e. The molecule has 0 N–H and O–H groups in total. The number of benzene rings is 1. The van der Waals surface area contributed by atoms with Crippen molar-refractivity contribution in [1.29, 1.82) is 0 Å². The van der Waals surface area contributed by atoms with Crippen LogP contribution in [0.15, 0.2) is 30.5 Å². The summed E-state index contributed by atoms with van der Waals surface area (Å²) in [6.45, 7) is 5.72. The Morgan fingerprint density at radius 3 is 2.26 bits per heavy atom. The Balaban J connectivity index is 1.43. The van der Waals surface area contributed by atoms with Crippen molar-refractivity contribution in [3.63, 3.8) is 0 Å². The first-order valence-corrected chi connectivity index (χ1v) is 9.93. The summed E-state index contributed by atoms with van der Waals surface area (Å²) in [7, 11) is 1.73. The minimum atomic E-state index is 0.747. The number of anilines is 3. The highest BCUT2D eigenvalue weighted by Gasteiger charge is 2.22. The second kappa shape index (κ2) is 8.41. The highest BCUT2D eigenvalue weighted by Crippen LogP contribution is 2.29. The molecule has 27 heavy (non-hydrogen) atoms. The first kappa shape index (κ1) is 17.8. The minimum absolute atomic E-state index is 0.747. The summed E-state index contributed by atoms with van der Waals surface area (Å²) in [6.07, 6.45) is 6.90. The van der Waals surface area contributed by atoms with Crippen molar-refractivity contribution in [2.24, 2.45) is 0 Å². The van der Waals surface area contributed by atoms with E-state index in [9.17, 15) is 0 Å². The molecular formula is C20H28N6O. The summed E-state index contributed by atoms with van der Waals surface area (Å²) in [6, 6.07) is 8.19. The molecule has 4 rings (SSSR count). The van der Waals surface area contributed by atoms with Gasteiger partial charge in [0, 0.05) is 39.3 Å². The van der Waals surface area contributed by atoms with Crippen LogP contribution in [0, 0.1) is 0 Å². The molecule has 0 unspecified atom stereocenters. The van der Waals surface area contributed by atoms with Gasteiger partial charge >= 0.3 is 0 Å². The third-order valence-corrected chi connectivity index (χ3v) is 5.45. The zero-order chi connectivity index (χ0) is 18.5. The number of nitrogens with zero attached hydrogens (tertiary/aromatic N) is 6. The average molecular weight is 368 g/mol. The number of piperazine rings is 1. The Labute approximate surface area is 161 Å². The van der Waals surface area contributed by atoms with E-state index in [2.05, 4.69) is 37.0 Å². The Morgan fingerprint density at radius 2 is 1.52 bits per heavy atom. The molecule has 0 saturated carbocycles. The summed E-state index contributed by atoms with van der Waals surface area (Å²) in [5, 5.41) is 8.55. The van der Waals surface area contributed by atoms with Gasteiger partial charge in [0.1, 0.15) is 5.75 Å². The Hall–Kier alpha value is -2.57. The SMILES string of the molecule is COc1ccccc1N1CCN(c2nncc(N3CCCCCC3)n2)CC1. The monoisotopic (exact) mass is 368 g/mol. The lowest BCUT2D eigenvalue weighted by atomic mass is 10.2. The van der Waals surface area contributed by atoms with Gasteiger partial charge < -0.3 is 19.4 Å². The largest absolute Gasteiger partial charge is 0.495 e. The molecule has 1 aromatic carbocycles. The molecule has 7 heteroatoms. The van der Waals surface area contributed by atoms with Crippen molar-refractivity contribution in [1.82, 2.24) is 15.2 Å². The van der Waals surface area contributed by atoms with Crippen LogP contribution in [0.3, 0.4) is 0 Å². The highest BCUT2D eigenvalue weighted by atomic mass is 16.5. The molecule has 0 aliphatic carbocycles. The molecule has 2 fully saturated rings. The van der Waals surface area contributed by atoms with E-state index in [0.29, 0.717) is 0 Å². The van der Waals surface area contributed by atoms with Crippen LogP contribution in [0.2, 0.25) is 0 Å². The van der Waals surface area contributed by atoms with E-state index in [1.165, 1.54) is 25.7 Å². The fraction of sp³-hybridized carbons (Fsp3) is 0.550. The molecule has 0 atom stereocenters. The zero-order valence-corrected chi connectivity index (χ0v) is 16.0. The van der Waals surface area contributed by atoms with E-state index < -0.39 is 0 Å². The van der Waals surface area contributed by atoms with Gasteiger partial charge in [0.05, 0.1) is 19.0 Å². The smallest absolute Gasteiger partial charge is 0.247 e. The third kappa shape index (κ3) is 4.07. The van der Waals surface area contributed by atoms with Crippen LogP contribution < -0.4 is 19.4 Å². The number of rotatable bonds is 4. The van der Waals surface area contributed by atoms with E-state index in [1.807, 2.05) is 12.1 Å². The van der Waals surface area contributed by atoms with Crippen LogP contribution in [0.25, 0.3) is 0 Å². The standard InChI is InChI=1S/C20H28N6O/c1-27-18-9-5-4-8-17(18)24-12-14-26(15-13-24)20-22-19(16-21-23-20)25-10-6-2-3-7-11-25/h4-5,8-9,16H,2-3,6-7,10-15H2,1H3. The fourth-order valence-electron chi connectivity index (χ4n) is 3.91. The molecule has 7 nitrogen and oxygen atoms in total. The predicted octanol–water partition coefficient (Wildman–Crippen LogP) is 2.59. The predicted molar refractivity (Wildman–Crippen MR) is 108 cm³/mol. The first-order chi connectivity index (χ1) is 13.3. The molecule has 144 valence electrons. The van der Waals surface area contributed by atoms with Crippen LogP contribution in [0.5, 0.6) is 5.75 Å². The average Bonchev–Trinajstić information content (AvgIpc) is 3.04. The number of para-hydroxylation sites is 2. The molecule has 2 aliphatic rings. The van der Waals surface area contributed by atoms with E-state index >= 15 is 0 Å². The highest BCUT2D eigenvalue weighted by molar-refractivity contribution is 5.59. The Kier molecular flexibility index (Phi) is 5.55. The van der Waals surface area contributed by atoms with Gasteiger partial charge in [-0.15, -0.1) is 5.10 Å². The van der Waals surface area contributed by atoms with Gasteiger partial charge in [-0.25, -0.2) is 0 Å². The van der Waals surface area contributed by atoms with Crippen LogP contribution in [0.4, 0.5) is 17.5 Å². The summed E-state index contributed by atoms with van der Waals surface area (Å²) < 4.78 is 5.51. The molecule has 0 bridgehead atoms. The van der Waals surface area contributed by atoms with Gasteiger partial charge in [-0.05, 0) is 25.0 Å². The maximum absolute atomic E-state index is 5.51. The van der Waals surface area contributed by atoms with Gasteiger partial charge in [0.25, 0.3) is 0 Å². The quantitative estimate of drug-likeness (QED) is 0.822. The molecular weight excluding hydrogens is 340 g/mol. The van der Waals surface area contributed by atoms with E-state index in [1.54, 1.807) is 13.3 Å². The lowest BCUT2D eigenvalue weighted by molar-refractivity contribution is 0.413. The van der Waals surface area contributed by atoms with Crippen molar-refractivity contribution < 1.29 is 4.74 Å². The molecule has 0 amide bonds. The summed E-state index contributed by atoms with van der Waals surface area (Å²) in [4.78, 5) is 11.8. The van der Waals surface area contributed by atoms with Crippen molar-refractivity contribution in [3.05, 3.63) is 30.5 Å². The Morgan fingerprint density at radius 1 is 0.815 bits per heavy atom. The van der Waals surface area contributed by atoms with Crippen LogP contribution in [0.1, 0.15) is 25.7 Å². The molecule has 0 radical (unpaired) electrons. The normalized spacial score (nSPS) is 18.3. The van der Waals surface area contributed by atoms with Crippen molar-refractivity contribution in [2.75, 3.05) is 61.1 Å². The molecule has 2 saturated heterocycles. The summed E-state index contributed by atoms with van der Waals surface area (Å²) >= 11 is 0. The lowest BCUT2D eigenvalue weighted by Gasteiger charge is -2.36. The maximum atomic E-state index is 5.51. The molecule has 3 heterocycles. The number of hydrogen-bond acceptors (Lipinski definition) is 7. The van der Waals surface area contributed by atoms with Gasteiger partial charge in [-0.1, -0.05) is 25.0 Å². The van der Waals surface area contributed by atoms with E-state index in [4.69, 9.17) is 9.72 Å². The number of hydrogen-bond donors (Lipinski definition) is 0. The van der Waals surface area contributed by atoms with Crippen molar-refractivity contribution in [3.8, 4) is 5.75 Å². The zero-order valence-electron chi connectivity index (χ0n) is 16.0. The second-order valence-corrected chi connectivity index (χ2v) is 7.16. The summed E-state index contributed by atoms with van der Waals surface area (Å²) in [5.41, 5.74) is 1.15. The topological polar surface area (TPSA) is 57.6 Å². The second-order valence-electron chi connectivity index (χ2n) is 7.16. The lowest BCUT2D eigenvalue weighted by Crippen LogP contribution is -2.47. The van der Waals surface area contributed by atoms with Gasteiger partial charge in [0.2, 0.25) is 5.95 Å². The third-order valence-electron chi connectivity index (χ3n) is 5.45. The number of aromatic nitrogens is 3. The van der Waals surface area contributed by atoms with Gasteiger partial charge in [0.15, 0.2) is 5.82 Å². The van der Waals surface area contributed by atoms with Crippen LogP contribution in [-0.4, -0.2) is 61.6 Å². The van der Waals surface area contributed by atoms with E-state index in [-0.39, 0.29) is 0 Å². The first-order valence-electron chi connectivity index (χ1n) is 9.93. The molecule has 2 aliphatic heterocycles. The van der Waals surface area contributed by atoms with Gasteiger partial charge in [-0.3, -0.25) is 0 Å². The van der Waals surface area contributed by atoms with Crippen LogP contribution in [-0.2, 0) is 0 Å². The molecule has 1 aromatic heterocycles. The number of methoxy groups -OCH3 is 1. The summed E-state index contributed by atoms with van der Waals surface area (Å²) in [5.74, 6) is 2.64. The molecule has 2 aromatic rings. The van der Waals surface area contributed by atoms with Crippen molar-refractivity contribution >= 4 is 17.5 Å². The molecule has 0 spiro atoms. The van der Waals surface area contributed by atoms with Gasteiger partial charge in [-0.2, -0.15) is 10.1 Å². The Bertz CT molecular complexity index is 739. The van der Waals surface area contributed by atoms with Crippen LogP contribution >= 0.6 is 0 Å².